The molecule has 1 nitrogen and oxygen atoms in total. The van der Waals surface area contributed by atoms with Gasteiger partial charge in [0.25, 0.3) is 0 Å². The van der Waals surface area contributed by atoms with Crippen LogP contribution in [0.25, 0.3) is 0 Å². The Morgan fingerprint density at radius 2 is 1.80 bits per heavy atom. The quantitative estimate of drug-likeness (QED) is 0.629. The zero-order valence-corrected chi connectivity index (χ0v) is 7.61. The summed E-state index contributed by atoms with van der Waals surface area (Å²) in [5.74, 6) is 0. The lowest BCUT2D eigenvalue weighted by molar-refractivity contribution is 0.298. The second kappa shape index (κ2) is 4.73. The number of rotatable bonds is 5. The van der Waals surface area contributed by atoms with Crippen molar-refractivity contribution in [3.63, 3.8) is 0 Å². The average Bonchev–Trinajstić information content (AvgIpc) is 1.84. The topological polar surface area (TPSA) is 26.0 Å². The van der Waals surface area contributed by atoms with Gasteiger partial charge in [-0.2, -0.15) is 0 Å². The first-order valence-electron chi connectivity index (χ1n) is 4.32. The molecule has 0 aromatic carbocycles. The summed E-state index contributed by atoms with van der Waals surface area (Å²) in [5.41, 5.74) is 5.95. The van der Waals surface area contributed by atoms with Crippen LogP contribution in [-0.2, 0) is 0 Å². The summed E-state index contributed by atoms with van der Waals surface area (Å²) in [6.07, 6.45) is 5.06. The van der Waals surface area contributed by atoms with Gasteiger partial charge >= 0.3 is 0 Å². The van der Waals surface area contributed by atoms with Gasteiger partial charge in [-0.3, -0.25) is 0 Å². The number of hydrogen-bond donors (Lipinski definition) is 1. The third kappa shape index (κ3) is 4.80. The molecule has 10 heavy (non-hydrogen) atoms. The van der Waals surface area contributed by atoms with Crippen LogP contribution in [0.5, 0.6) is 0 Å². The Morgan fingerprint density at radius 3 is 2.20 bits per heavy atom. The van der Waals surface area contributed by atoms with E-state index < -0.39 is 0 Å². The van der Waals surface area contributed by atoms with Crippen molar-refractivity contribution in [1.82, 2.24) is 0 Å². The van der Waals surface area contributed by atoms with E-state index >= 15 is 0 Å². The molecule has 0 saturated heterocycles. The van der Waals surface area contributed by atoms with Gasteiger partial charge in [0.1, 0.15) is 0 Å². The second-order valence-electron chi connectivity index (χ2n) is 3.81. The molecule has 0 saturated carbocycles. The van der Waals surface area contributed by atoms with Crippen molar-refractivity contribution in [1.29, 1.82) is 0 Å². The first-order valence-corrected chi connectivity index (χ1v) is 4.32. The highest BCUT2D eigenvalue weighted by atomic mass is 14.5. The van der Waals surface area contributed by atoms with Gasteiger partial charge in [-0.25, -0.2) is 0 Å². The fourth-order valence-corrected chi connectivity index (χ4v) is 1.38. The van der Waals surface area contributed by atoms with Crippen molar-refractivity contribution in [2.45, 2.75) is 46.5 Å². The Kier molecular flexibility index (Phi) is 4.71. The Balaban J connectivity index is 3.42. The maximum Gasteiger partial charge on any atom is -0.00771 e. The minimum atomic E-state index is 0.522. The summed E-state index contributed by atoms with van der Waals surface area (Å²) in [6, 6.07) is 0. The summed E-state index contributed by atoms with van der Waals surface area (Å²) >= 11 is 0. The van der Waals surface area contributed by atoms with E-state index in [2.05, 4.69) is 20.8 Å². The van der Waals surface area contributed by atoms with Crippen LogP contribution in [0.4, 0.5) is 0 Å². The lowest BCUT2D eigenvalue weighted by Crippen LogP contribution is -2.13. The summed E-state index contributed by atoms with van der Waals surface area (Å²) < 4.78 is 0. The number of nitrogens with two attached hydrogens (primary N) is 1. The third-order valence-corrected chi connectivity index (χ3v) is 1.98. The smallest absolute Gasteiger partial charge is 0.00771 e. The van der Waals surface area contributed by atoms with Crippen LogP contribution < -0.4 is 5.73 Å². The van der Waals surface area contributed by atoms with E-state index in [4.69, 9.17) is 5.73 Å². The molecule has 0 rings (SSSR count). The lowest BCUT2D eigenvalue weighted by atomic mass is 9.83. The van der Waals surface area contributed by atoms with E-state index in [9.17, 15) is 0 Å². The highest BCUT2D eigenvalue weighted by Gasteiger charge is 2.14. The largest absolute Gasteiger partial charge is 0.330 e. The highest BCUT2D eigenvalue weighted by Crippen LogP contribution is 2.27. The average molecular weight is 143 g/mol. The monoisotopic (exact) mass is 143 g/mol. The van der Waals surface area contributed by atoms with E-state index in [0.717, 1.165) is 6.54 Å². The normalized spacial score (nSPS) is 12.0. The summed E-state index contributed by atoms with van der Waals surface area (Å²) in [4.78, 5) is 0. The molecular formula is C9H21N. The van der Waals surface area contributed by atoms with Crippen LogP contribution in [-0.4, -0.2) is 6.54 Å². The molecule has 0 aliphatic rings. The zero-order valence-electron chi connectivity index (χ0n) is 7.61. The van der Waals surface area contributed by atoms with Crippen molar-refractivity contribution in [2.24, 2.45) is 11.1 Å². The standard InChI is InChI=1S/C9H21N/c1-4-6-9(2,3)7-5-8-10/h4-8,10H2,1-3H3. The van der Waals surface area contributed by atoms with Gasteiger partial charge in [0, 0.05) is 0 Å². The van der Waals surface area contributed by atoms with E-state index in [1.807, 2.05) is 0 Å². The van der Waals surface area contributed by atoms with Crippen molar-refractivity contribution in [3.8, 4) is 0 Å². The first-order chi connectivity index (χ1) is 4.62. The molecule has 0 spiro atoms. The second-order valence-corrected chi connectivity index (χ2v) is 3.81. The molecule has 0 amide bonds. The molecule has 2 N–H and O–H groups in total. The number of hydrogen-bond acceptors (Lipinski definition) is 1. The molecule has 0 fully saturated rings. The van der Waals surface area contributed by atoms with Crippen LogP contribution in [0.1, 0.15) is 46.5 Å². The minimum absolute atomic E-state index is 0.522. The molecule has 0 radical (unpaired) electrons. The molecule has 0 bridgehead atoms. The van der Waals surface area contributed by atoms with Gasteiger partial charge in [-0.05, 0) is 31.2 Å². The van der Waals surface area contributed by atoms with Crippen LogP contribution in [0, 0.1) is 5.41 Å². The highest BCUT2D eigenvalue weighted by molar-refractivity contribution is 4.67. The molecule has 0 aliphatic carbocycles. The molecular weight excluding hydrogens is 122 g/mol. The van der Waals surface area contributed by atoms with Crippen LogP contribution in [0.2, 0.25) is 0 Å². The van der Waals surface area contributed by atoms with Crippen molar-refractivity contribution < 1.29 is 0 Å². The lowest BCUT2D eigenvalue weighted by Gasteiger charge is -2.23. The predicted molar refractivity (Wildman–Crippen MR) is 47.0 cm³/mol. The fourth-order valence-electron chi connectivity index (χ4n) is 1.38. The maximum absolute atomic E-state index is 5.43. The van der Waals surface area contributed by atoms with Gasteiger partial charge in [0.05, 0.1) is 0 Å². The first kappa shape index (κ1) is 9.96. The molecule has 0 aromatic rings. The van der Waals surface area contributed by atoms with Gasteiger partial charge in [-0.1, -0.05) is 27.2 Å². The molecule has 0 aliphatic heterocycles. The van der Waals surface area contributed by atoms with Gasteiger partial charge in [-0.15, -0.1) is 0 Å². The van der Waals surface area contributed by atoms with Gasteiger partial charge in [0.15, 0.2) is 0 Å². The zero-order chi connectivity index (χ0) is 8.04. The van der Waals surface area contributed by atoms with Crippen molar-refractivity contribution in [3.05, 3.63) is 0 Å². The van der Waals surface area contributed by atoms with E-state index in [1.165, 1.54) is 25.7 Å². The van der Waals surface area contributed by atoms with Crippen LogP contribution >= 0.6 is 0 Å². The van der Waals surface area contributed by atoms with Gasteiger partial charge < -0.3 is 5.73 Å². The van der Waals surface area contributed by atoms with Crippen LogP contribution in [0.3, 0.4) is 0 Å². The van der Waals surface area contributed by atoms with Gasteiger partial charge in [0.2, 0.25) is 0 Å². The molecule has 0 aromatic heterocycles. The van der Waals surface area contributed by atoms with Crippen LogP contribution in [0.15, 0.2) is 0 Å². The Hall–Kier alpha value is -0.0400. The molecule has 1 heteroatoms. The Morgan fingerprint density at radius 1 is 1.20 bits per heavy atom. The molecule has 0 atom stereocenters. The fraction of sp³-hybridized carbons (Fsp3) is 1.00. The maximum atomic E-state index is 5.43. The summed E-state index contributed by atoms with van der Waals surface area (Å²) in [6.45, 7) is 7.73. The summed E-state index contributed by atoms with van der Waals surface area (Å²) in [5, 5.41) is 0. The van der Waals surface area contributed by atoms with Crippen molar-refractivity contribution >= 4 is 0 Å². The Labute approximate surface area is 65.0 Å². The molecule has 0 heterocycles. The van der Waals surface area contributed by atoms with E-state index in [0.29, 0.717) is 5.41 Å². The van der Waals surface area contributed by atoms with E-state index in [-0.39, 0.29) is 0 Å². The Bertz CT molecular complexity index is 76.8. The summed E-state index contributed by atoms with van der Waals surface area (Å²) in [7, 11) is 0. The molecule has 62 valence electrons. The molecule has 0 unspecified atom stereocenters. The van der Waals surface area contributed by atoms with E-state index in [1.54, 1.807) is 0 Å². The van der Waals surface area contributed by atoms with Crippen molar-refractivity contribution in [2.75, 3.05) is 6.54 Å². The SMILES string of the molecule is CCCC(C)(C)CCCN. The third-order valence-electron chi connectivity index (χ3n) is 1.98. The minimum Gasteiger partial charge on any atom is -0.330 e. The predicted octanol–water partition coefficient (Wildman–Crippen LogP) is 2.55.